The minimum absolute atomic E-state index is 0.361. The molecule has 0 fully saturated rings. The third-order valence-electron chi connectivity index (χ3n) is 4.49. The van der Waals surface area contributed by atoms with E-state index in [2.05, 4.69) is 10.3 Å². The van der Waals surface area contributed by atoms with E-state index in [1.54, 1.807) is 29.8 Å². The van der Waals surface area contributed by atoms with Gasteiger partial charge in [-0.1, -0.05) is 23.8 Å². The van der Waals surface area contributed by atoms with Crippen LogP contribution in [0.15, 0.2) is 18.2 Å². The van der Waals surface area contributed by atoms with Crippen LogP contribution in [0.4, 0.5) is 10.1 Å². The Labute approximate surface area is 153 Å². The highest BCUT2D eigenvalue weighted by Crippen LogP contribution is 2.40. The van der Waals surface area contributed by atoms with E-state index in [9.17, 15) is 4.79 Å². The largest absolute Gasteiger partial charge is 0.494 e. The summed E-state index contributed by atoms with van der Waals surface area (Å²) in [7, 11) is 1.64. The van der Waals surface area contributed by atoms with Crippen molar-refractivity contribution in [3.8, 4) is 5.75 Å². The maximum Gasteiger partial charge on any atom is 0.251 e. The lowest BCUT2D eigenvalue weighted by atomic mass is 10.1. The fourth-order valence-electron chi connectivity index (χ4n) is 3.33. The topological polar surface area (TPSA) is 77.2 Å². The van der Waals surface area contributed by atoms with Gasteiger partial charge in [-0.25, -0.2) is 4.98 Å². The van der Waals surface area contributed by atoms with Crippen LogP contribution in [0.5, 0.6) is 5.75 Å². The number of amides is 1. The van der Waals surface area contributed by atoms with Crippen LogP contribution in [0.1, 0.15) is 40.1 Å². The van der Waals surface area contributed by atoms with Gasteiger partial charge in [-0.3, -0.25) is 4.79 Å². The number of carbonyl (C=O) groups is 1. The molecule has 1 aromatic carbocycles. The molecule has 2 heterocycles. The van der Waals surface area contributed by atoms with Gasteiger partial charge in [-0.2, -0.15) is 0 Å². The molecular weight excluding hydrogens is 354 g/mol. The van der Waals surface area contributed by atoms with Gasteiger partial charge in [0.15, 0.2) is 5.13 Å². The SMILES string of the molecule is COc1cccc2sc(Nc3sc4c(c3C(N)=O)CCCCC4)nc12. The molecule has 3 aromatic rings. The molecule has 0 saturated heterocycles. The summed E-state index contributed by atoms with van der Waals surface area (Å²) in [6.07, 6.45) is 5.44. The van der Waals surface area contributed by atoms with Crippen molar-refractivity contribution in [3.05, 3.63) is 34.2 Å². The van der Waals surface area contributed by atoms with Crippen molar-refractivity contribution in [1.29, 1.82) is 0 Å². The molecule has 0 unspecified atom stereocenters. The monoisotopic (exact) mass is 373 g/mol. The van der Waals surface area contributed by atoms with Gasteiger partial charge in [0, 0.05) is 4.88 Å². The number of nitrogens with two attached hydrogens (primary N) is 1. The van der Waals surface area contributed by atoms with Crippen molar-refractivity contribution in [2.75, 3.05) is 12.4 Å². The summed E-state index contributed by atoms with van der Waals surface area (Å²) in [5, 5.41) is 4.91. The van der Waals surface area contributed by atoms with Crippen LogP contribution in [-0.2, 0) is 12.8 Å². The Morgan fingerprint density at radius 1 is 1.24 bits per heavy atom. The minimum Gasteiger partial charge on any atom is -0.494 e. The number of para-hydroxylation sites is 1. The molecule has 1 aliphatic rings. The molecule has 0 aliphatic heterocycles. The minimum atomic E-state index is -0.361. The highest BCUT2D eigenvalue weighted by Gasteiger charge is 2.24. The molecule has 0 bridgehead atoms. The number of rotatable bonds is 4. The summed E-state index contributed by atoms with van der Waals surface area (Å²) in [6.45, 7) is 0. The third-order valence-corrected chi connectivity index (χ3v) is 6.63. The average molecular weight is 374 g/mol. The fourth-order valence-corrected chi connectivity index (χ4v) is 5.58. The fraction of sp³-hybridized carbons (Fsp3) is 0.333. The summed E-state index contributed by atoms with van der Waals surface area (Å²) in [6, 6.07) is 5.86. The van der Waals surface area contributed by atoms with E-state index < -0.39 is 0 Å². The Morgan fingerprint density at radius 3 is 2.88 bits per heavy atom. The predicted octanol–water partition coefficient (Wildman–Crippen LogP) is 4.48. The van der Waals surface area contributed by atoms with Gasteiger partial charge < -0.3 is 15.8 Å². The van der Waals surface area contributed by atoms with Crippen LogP contribution in [0, 0.1) is 0 Å². The highest BCUT2D eigenvalue weighted by atomic mass is 32.1. The second kappa shape index (κ2) is 6.65. The number of thiophene rings is 1. The predicted molar refractivity (Wildman–Crippen MR) is 104 cm³/mol. The molecule has 5 nitrogen and oxygen atoms in total. The quantitative estimate of drug-likeness (QED) is 0.661. The first-order valence-electron chi connectivity index (χ1n) is 8.32. The van der Waals surface area contributed by atoms with Crippen LogP contribution in [0.3, 0.4) is 0 Å². The van der Waals surface area contributed by atoms with Crippen LogP contribution >= 0.6 is 22.7 Å². The lowest BCUT2D eigenvalue weighted by Crippen LogP contribution is -2.14. The van der Waals surface area contributed by atoms with Gasteiger partial charge >= 0.3 is 0 Å². The van der Waals surface area contributed by atoms with E-state index in [1.165, 1.54) is 17.7 Å². The number of aryl methyl sites for hydroxylation is 1. The highest BCUT2D eigenvalue weighted by molar-refractivity contribution is 7.23. The van der Waals surface area contributed by atoms with E-state index in [0.29, 0.717) is 5.56 Å². The van der Waals surface area contributed by atoms with Crippen molar-refractivity contribution in [2.45, 2.75) is 32.1 Å². The Hall–Kier alpha value is -2.12. The zero-order chi connectivity index (χ0) is 17.4. The van der Waals surface area contributed by atoms with Crippen molar-refractivity contribution in [1.82, 2.24) is 4.98 Å². The van der Waals surface area contributed by atoms with E-state index in [0.717, 1.165) is 50.9 Å². The molecule has 1 amide bonds. The number of hydrogen-bond acceptors (Lipinski definition) is 6. The van der Waals surface area contributed by atoms with Crippen molar-refractivity contribution in [2.24, 2.45) is 5.73 Å². The summed E-state index contributed by atoms with van der Waals surface area (Å²) in [4.78, 5) is 18.0. The zero-order valence-corrected chi connectivity index (χ0v) is 15.6. The van der Waals surface area contributed by atoms with Gasteiger partial charge in [0.25, 0.3) is 5.91 Å². The summed E-state index contributed by atoms with van der Waals surface area (Å²) < 4.78 is 6.42. The van der Waals surface area contributed by atoms with Crippen molar-refractivity contribution >= 4 is 48.9 Å². The maximum atomic E-state index is 12.1. The zero-order valence-electron chi connectivity index (χ0n) is 13.9. The van der Waals surface area contributed by atoms with Crippen LogP contribution in [-0.4, -0.2) is 18.0 Å². The second-order valence-electron chi connectivity index (χ2n) is 6.08. The second-order valence-corrected chi connectivity index (χ2v) is 8.22. The Balaban J connectivity index is 1.74. The first-order chi connectivity index (χ1) is 12.2. The van der Waals surface area contributed by atoms with Crippen LogP contribution < -0.4 is 15.8 Å². The molecule has 3 N–H and O–H groups in total. The smallest absolute Gasteiger partial charge is 0.251 e. The number of benzene rings is 1. The van der Waals surface area contributed by atoms with Gasteiger partial charge in [-0.05, 0) is 43.4 Å². The van der Waals surface area contributed by atoms with Gasteiger partial charge in [-0.15, -0.1) is 11.3 Å². The van der Waals surface area contributed by atoms with E-state index >= 15 is 0 Å². The standard InChI is InChI=1S/C18H19N3O2S2/c1-23-11-7-5-9-13-15(11)20-18(25-13)21-17-14(16(19)22)10-6-3-2-4-8-12(10)24-17/h5,7,9H,2-4,6,8H2,1H3,(H2,19,22)(H,20,21). The van der Waals surface area contributed by atoms with Gasteiger partial charge in [0.05, 0.1) is 17.4 Å². The number of aromatic nitrogens is 1. The van der Waals surface area contributed by atoms with E-state index in [1.807, 2.05) is 18.2 Å². The number of nitrogens with zero attached hydrogens (tertiary/aromatic N) is 1. The maximum absolute atomic E-state index is 12.1. The number of fused-ring (bicyclic) bond motifs is 2. The summed E-state index contributed by atoms with van der Waals surface area (Å²) >= 11 is 3.19. The normalized spacial score (nSPS) is 14.1. The Kier molecular flexibility index (Phi) is 4.35. The molecule has 0 saturated carbocycles. The number of thiazole rings is 1. The first kappa shape index (κ1) is 16.4. The third kappa shape index (κ3) is 2.98. The summed E-state index contributed by atoms with van der Waals surface area (Å²) in [5.41, 5.74) is 8.31. The number of methoxy groups -OCH3 is 1. The average Bonchev–Trinajstić information content (AvgIpc) is 3.08. The number of primary amides is 1. The number of nitrogens with one attached hydrogen (secondary N) is 1. The molecule has 130 valence electrons. The van der Waals surface area contributed by atoms with Gasteiger partial charge in [0.2, 0.25) is 0 Å². The number of anilines is 2. The molecule has 0 radical (unpaired) electrons. The molecule has 25 heavy (non-hydrogen) atoms. The molecule has 0 atom stereocenters. The molecule has 4 rings (SSSR count). The van der Waals surface area contributed by atoms with Gasteiger partial charge in [0.1, 0.15) is 16.3 Å². The van der Waals surface area contributed by atoms with E-state index in [4.69, 9.17) is 10.5 Å². The number of hydrogen-bond donors (Lipinski definition) is 2. The van der Waals surface area contributed by atoms with Crippen molar-refractivity contribution < 1.29 is 9.53 Å². The lowest BCUT2D eigenvalue weighted by molar-refractivity contribution is 0.100. The lowest BCUT2D eigenvalue weighted by Gasteiger charge is -2.04. The Morgan fingerprint density at radius 2 is 2.08 bits per heavy atom. The molecule has 7 heteroatoms. The molecular formula is C18H19N3O2S2. The van der Waals surface area contributed by atoms with Crippen molar-refractivity contribution in [3.63, 3.8) is 0 Å². The summed E-state index contributed by atoms with van der Waals surface area (Å²) in [5.74, 6) is 0.388. The number of ether oxygens (including phenoxy) is 1. The van der Waals surface area contributed by atoms with Crippen LogP contribution in [0.25, 0.3) is 10.2 Å². The molecule has 0 spiro atoms. The molecule has 1 aliphatic carbocycles. The Bertz CT molecular complexity index is 945. The number of carbonyl (C=O) groups excluding carboxylic acids is 1. The molecule has 2 aromatic heterocycles. The first-order valence-corrected chi connectivity index (χ1v) is 9.95. The van der Waals surface area contributed by atoms with E-state index in [-0.39, 0.29) is 5.91 Å². The van der Waals surface area contributed by atoms with Crippen LogP contribution in [0.2, 0.25) is 0 Å².